The molecule has 0 aliphatic heterocycles. The molecule has 0 rings (SSSR count). The fourth-order valence-electron chi connectivity index (χ4n) is 0.766. The molecule has 0 spiro atoms. The van der Waals surface area contributed by atoms with Crippen molar-refractivity contribution in [3.05, 3.63) is 0 Å². The first-order valence-electron chi connectivity index (χ1n) is 3.22. The van der Waals surface area contributed by atoms with Crippen molar-refractivity contribution in [3.63, 3.8) is 0 Å². The molecule has 0 aromatic carbocycles. The van der Waals surface area contributed by atoms with Gasteiger partial charge in [0.15, 0.2) is 9.76 Å². The third kappa shape index (κ3) is 5.00. The summed E-state index contributed by atoms with van der Waals surface area (Å²) in [5.41, 5.74) is 0. The second kappa shape index (κ2) is 4.36. The third-order valence-electron chi connectivity index (χ3n) is 1.32. The normalized spacial score (nSPS) is 13.3. The highest BCUT2D eigenvalue weighted by atomic mass is 32.1. The third-order valence-corrected chi connectivity index (χ3v) is 2.97. The van der Waals surface area contributed by atoms with Gasteiger partial charge >= 0.3 is 0 Å². The van der Waals surface area contributed by atoms with Crippen molar-refractivity contribution in [3.8, 4) is 0 Å². The number of thiol groups is 1. The van der Waals surface area contributed by atoms with Crippen molar-refractivity contribution in [1.82, 2.24) is 0 Å². The van der Waals surface area contributed by atoms with E-state index in [-0.39, 0.29) is 9.76 Å². The van der Waals surface area contributed by atoms with Crippen molar-refractivity contribution in [2.45, 2.75) is 25.3 Å². The Labute approximate surface area is 65.5 Å². The van der Waals surface area contributed by atoms with Crippen LogP contribution in [0.2, 0.25) is 5.04 Å². The van der Waals surface area contributed by atoms with Gasteiger partial charge in [-0.05, 0) is 17.2 Å². The molecule has 0 aliphatic carbocycles. The molecule has 0 radical (unpaired) electrons. The van der Waals surface area contributed by atoms with Gasteiger partial charge in [-0.2, -0.15) is 12.6 Å². The molecular formula is C6H16OSSi. The van der Waals surface area contributed by atoms with Gasteiger partial charge in [0, 0.05) is 7.11 Å². The fraction of sp³-hybridized carbons (Fsp3) is 1.00. The molecule has 0 N–H and O–H groups in total. The minimum Gasteiger partial charge on any atom is -0.427 e. The summed E-state index contributed by atoms with van der Waals surface area (Å²) in [5.74, 6) is 0.976. The van der Waals surface area contributed by atoms with E-state index in [1.807, 2.05) is 0 Å². The van der Waals surface area contributed by atoms with Crippen molar-refractivity contribution in [2.24, 2.45) is 0 Å². The molecule has 9 heavy (non-hydrogen) atoms. The van der Waals surface area contributed by atoms with Crippen molar-refractivity contribution in [1.29, 1.82) is 0 Å². The number of rotatable bonds is 4. The van der Waals surface area contributed by atoms with Crippen LogP contribution < -0.4 is 0 Å². The Bertz CT molecular complexity index is 67.5. The predicted octanol–water partition coefficient (Wildman–Crippen LogP) is 1.23. The van der Waals surface area contributed by atoms with Crippen LogP contribution in [0, 0.1) is 0 Å². The molecule has 0 atom stereocenters. The lowest BCUT2D eigenvalue weighted by atomic mass is 10.1. The summed E-state index contributed by atoms with van der Waals surface area (Å²) < 4.78 is 5.16. The number of hydrogen-bond acceptors (Lipinski definition) is 2. The van der Waals surface area contributed by atoms with Crippen molar-refractivity contribution < 1.29 is 4.43 Å². The van der Waals surface area contributed by atoms with Gasteiger partial charge in [0.05, 0.1) is 0 Å². The van der Waals surface area contributed by atoms with E-state index in [0.29, 0.717) is 5.04 Å². The molecule has 56 valence electrons. The van der Waals surface area contributed by atoms with Gasteiger partial charge in [-0.3, -0.25) is 0 Å². The molecule has 0 fully saturated rings. The minimum atomic E-state index is -0.310. The summed E-state index contributed by atoms with van der Waals surface area (Å²) in [5, 5.41) is 0.441. The van der Waals surface area contributed by atoms with E-state index >= 15 is 0 Å². The largest absolute Gasteiger partial charge is 0.427 e. The van der Waals surface area contributed by atoms with Gasteiger partial charge in [-0.25, -0.2) is 0 Å². The van der Waals surface area contributed by atoms with Crippen LogP contribution >= 0.6 is 12.6 Å². The number of hydrogen-bond donors (Lipinski definition) is 1. The summed E-state index contributed by atoms with van der Waals surface area (Å²) in [7, 11) is 1.49. The Kier molecular flexibility index (Phi) is 4.61. The average Bonchev–Trinajstić information content (AvgIpc) is 1.64. The quantitative estimate of drug-likeness (QED) is 0.486. The maximum Gasteiger partial charge on any atom is 0.166 e. The van der Waals surface area contributed by atoms with Crippen LogP contribution in [0.4, 0.5) is 0 Å². The first-order valence-corrected chi connectivity index (χ1v) is 5.14. The van der Waals surface area contributed by atoms with E-state index in [0.717, 1.165) is 5.75 Å². The Morgan fingerprint density at radius 3 is 2.44 bits per heavy atom. The zero-order valence-corrected chi connectivity index (χ0v) is 8.79. The lowest BCUT2D eigenvalue weighted by molar-refractivity contribution is 0.407. The predicted molar refractivity (Wildman–Crippen MR) is 48.1 cm³/mol. The van der Waals surface area contributed by atoms with Crippen LogP contribution in [0.1, 0.15) is 20.3 Å². The molecule has 0 heterocycles. The molecule has 0 saturated carbocycles. The van der Waals surface area contributed by atoms with Gasteiger partial charge in [-0.15, -0.1) is 0 Å². The van der Waals surface area contributed by atoms with Gasteiger partial charge in [0.1, 0.15) is 0 Å². The van der Waals surface area contributed by atoms with Crippen LogP contribution in [0.5, 0.6) is 0 Å². The SMILES string of the molecule is CO[SiH2]C(C)(C)CCS. The van der Waals surface area contributed by atoms with E-state index in [2.05, 4.69) is 26.5 Å². The summed E-state index contributed by atoms with van der Waals surface area (Å²) in [6, 6.07) is 0. The lowest BCUT2D eigenvalue weighted by Crippen LogP contribution is -2.15. The Hall–Kier alpha value is 0.527. The summed E-state index contributed by atoms with van der Waals surface area (Å²) in [6.07, 6.45) is 1.18. The minimum absolute atomic E-state index is 0.310. The van der Waals surface area contributed by atoms with Crippen LogP contribution in [0.25, 0.3) is 0 Å². The first kappa shape index (κ1) is 9.53. The molecule has 0 amide bonds. The van der Waals surface area contributed by atoms with E-state index in [4.69, 9.17) is 4.43 Å². The van der Waals surface area contributed by atoms with Gasteiger partial charge in [0.25, 0.3) is 0 Å². The second-order valence-corrected chi connectivity index (χ2v) is 6.30. The summed E-state index contributed by atoms with van der Waals surface area (Å²) in [6.45, 7) is 4.50. The van der Waals surface area contributed by atoms with Crippen LogP contribution in [0.15, 0.2) is 0 Å². The zero-order valence-electron chi connectivity index (χ0n) is 6.48. The maximum absolute atomic E-state index is 5.16. The van der Waals surface area contributed by atoms with E-state index in [9.17, 15) is 0 Å². The van der Waals surface area contributed by atoms with Gasteiger partial charge in [0.2, 0.25) is 0 Å². The van der Waals surface area contributed by atoms with Crippen LogP contribution in [0.3, 0.4) is 0 Å². The van der Waals surface area contributed by atoms with E-state index < -0.39 is 0 Å². The first-order chi connectivity index (χ1) is 4.12. The monoisotopic (exact) mass is 164 g/mol. The van der Waals surface area contributed by atoms with Crippen molar-refractivity contribution in [2.75, 3.05) is 12.9 Å². The van der Waals surface area contributed by atoms with E-state index in [1.54, 1.807) is 7.11 Å². The maximum atomic E-state index is 5.16. The molecule has 0 aromatic heterocycles. The smallest absolute Gasteiger partial charge is 0.166 e. The molecule has 3 heteroatoms. The molecule has 0 aliphatic rings. The highest BCUT2D eigenvalue weighted by Gasteiger charge is 2.16. The highest BCUT2D eigenvalue weighted by molar-refractivity contribution is 7.80. The zero-order chi connectivity index (χ0) is 7.33. The molecule has 1 nitrogen and oxygen atoms in total. The van der Waals surface area contributed by atoms with Crippen LogP contribution in [-0.2, 0) is 4.43 Å². The highest BCUT2D eigenvalue weighted by Crippen LogP contribution is 2.27. The fourth-order valence-corrected chi connectivity index (χ4v) is 2.77. The molecule has 0 bridgehead atoms. The Balaban J connectivity index is 3.43. The Morgan fingerprint density at radius 1 is 1.56 bits per heavy atom. The van der Waals surface area contributed by atoms with Crippen LogP contribution in [-0.4, -0.2) is 22.6 Å². The van der Waals surface area contributed by atoms with Gasteiger partial charge < -0.3 is 4.43 Å². The lowest BCUT2D eigenvalue weighted by Gasteiger charge is -2.20. The topological polar surface area (TPSA) is 9.23 Å². The standard InChI is InChI=1S/C6H16OSSi/c1-6(2,4-5-8)9-7-3/h8H,4-5,9H2,1-3H3. The average molecular weight is 164 g/mol. The van der Waals surface area contributed by atoms with Gasteiger partial charge in [-0.1, -0.05) is 13.8 Å². The Morgan fingerprint density at radius 2 is 2.11 bits per heavy atom. The molecular weight excluding hydrogens is 148 g/mol. The molecule has 0 unspecified atom stereocenters. The summed E-state index contributed by atoms with van der Waals surface area (Å²) in [4.78, 5) is 0. The van der Waals surface area contributed by atoms with Crippen molar-refractivity contribution >= 4 is 22.4 Å². The van der Waals surface area contributed by atoms with E-state index in [1.165, 1.54) is 6.42 Å². The molecule has 0 aromatic rings. The molecule has 0 saturated heterocycles. The second-order valence-electron chi connectivity index (χ2n) is 3.07. The summed E-state index contributed by atoms with van der Waals surface area (Å²) >= 11 is 4.17.